The molecule has 1 aromatic carbocycles. The van der Waals surface area contributed by atoms with Gasteiger partial charge in [-0.15, -0.1) is 0 Å². The number of amides is 1. The van der Waals surface area contributed by atoms with Gasteiger partial charge in [-0.05, 0) is 36.6 Å². The Morgan fingerprint density at radius 1 is 1.47 bits per heavy atom. The molecule has 4 nitrogen and oxygen atoms in total. The van der Waals surface area contributed by atoms with Crippen LogP contribution >= 0.6 is 0 Å². The van der Waals surface area contributed by atoms with Crippen LogP contribution in [0.3, 0.4) is 0 Å². The summed E-state index contributed by atoms with van der Waals surface area (Å²) in [6.07, 6.45) is 2.69. The molecule has 0 N–H and O–H groups in total. The number of hydrogen-bond acceptors (Lipinski definition) is 3. The molecule has 0 aliphatic carbocycles. The number of nitrogens with zero attached hydrogens (tertiary/aromatic N) is 2. The lowest BCUT2D eigenvalue weighted by Gasteiger charge is -2.29. The van der Waals surface area contributed by atoms with Crippen LogP contribution in [0, 0.1) is 17.2 Å². The number of fused-ring (bicyclic) bond motifs is 1. The maximum absolute atomic E-state index is 12.4. The number of ether oxygens (including phenoxy) is 1. The summed E-state index contributed by atoms with van der Waals surface area (Å²) in [5.74, 6) is 0.912. The highest BCUT2D eigenvalue weighted by molar-refractivity contribution is 5.94. The average Bonchev–Trinajstić information content (AvgIpc) is 2.94. The quantitative estimate of drug-likeness (QED) is 0.772. The molecule has 19 heavy (non-hydrogen) atoms. The van der Waals surface area contributed by atoms with E-state index in [0.29, 0.717) is 18.7 Å². The Bertz CT molecular complexity index is 548. The van der Waals surface area contributed by atoms with Gasteiger partial charge < -0.3 is 9.64 Å². The molecule has 0 saturated carbocycles. The van der Waals surface area contributed by atoms with Crippen molar-refractivity contribution >= 4 is 5.91 Å². The Morgan fingerprint density at radius 3 is 3.21 bits per heavy atom. The van der Waals surface area contributed by atoms with Gasteiger partial charge in [-0.25, -0.2) is 0 Å². The van der Waals surface area contributed by atoms with Crippen LogP contribution in [-0.2, 0) is 6.42 Å². The summed E-state index contributed by atoms with van der Waals surface area (Å²) in [7, 11) is 0. The van der Waals surface area contributed by atoms with Gasteiger partial charge in [0, 0.05) is 25.1 Å². The smallest absolute Gasteiger partial charge is 0.253 e. The van der Waals surface area contributed by atoms with E-state index in [4.69, 9.17) is 10.00 Å². The largest absolute Gasteiger partial charge is 0.493 e. The highest BCUT2D eigenvalue weighted by Crippen LogP contribution is 2.27. The summed E-state index contributed by atoms with van der Waals surface area (Å²) < 4.78 is 5.45. The lowest BCUT2D eigenvalue weighted by atomic mass is 9.98. The van der Waals surface area contributed by atoms with Gasteiger partial charge in [-0.2, -0.15) is 5.26 Å². The third kappa shape index (κ3) is 2.28. The van der Waals surface area contributed by atoms with Crippen molar-refractivity contribution in [1.82, 2.24) is 4.90 Å². The summed E-state index contributed by atoms with van der Waals surface area (Å²) in [6.45, 7) is 2.01. The number of carbonyl (C=O) groups excluding carboxylic acids is 1. The Labute approximate surface area is 112 Å². The monoisotopic (exact) mass is 256 g/mol. The van der Waals surface area contributed by atoms with Crippen LogP contribution in [0.2, 0.25) is 0 Å². The van der Waals surface area contributed by atoms with Crippen LogP contribution in [0.15, 0.2) is 18.2 Å². The Kier molecular flexibility index (Phi) is 3.12. The third-order valence-corrected chi connectivity index (χ3v) is 3.83. The van der Waals surface area contributed by atoms with Crippen LogP contribution < -0.4 is 4.74 Å². The molecule has 1 saturated heterocycles. The molecule has 98 valence electrons. The standard InChI is InChI=1S/C15H16N2O2/c16-9-11-2-1-6-17(10-11)15(18)13-3-4-14-12(8-13)5-7-19-14/h3-4,8,11H,1-2,5-7,10H2. The van der Waals surface area contributed by atoms with Crippen molar-refractivity contribution in [2.24, 2.45) is 5.92 Å². The van der Waals surface area contributed by atoms with Crippen molar-refractivity contribution in [1.29, 1.82) is 5.26 Å². The molecule has 1 fully saturated rings. The first-order valence-electron chi connectivity index (χ1n) is 6.72. The minimum absolute atomic E-state index is 0.0181. The second-order valence-corrected chi connectivity index (χ2v) is 5.14. The first kappa shape index (κ1) is 12.0. The molecule has 2 aliphatic heterocycles. The Morgan fingerprint density at radius 2 is 2.37 bits per heavy atom. The fourth-order valence-electron chi connectivity index (χ4n) is 2.77. The lowest BCUT2D eigenvalue weighted by molar-refractivity contribution is 0.0698. The SMILES string of the molecule is N#CC1CCCN(C(=O)c2ccc3c(c2)CCO3)C1. The fourth-order valence-corrected chi connectivity index (χ4v) is 2.77. The van der Waals surface area contributed by atoms with Crippen LogP contribution in [0.5, 0.6) is 5.75 Å². The van der Waals surface area contributed by atoms with Crippen LogP contribution in [0.4, 0.5) is 0 Å². The van der Waals surface area contributed by atoms with Gasteiger partial charge in [0.05, 0.1) is 18.6 Å². The number of benzene rings is 1. The molecule has 3 rings (SSSR count). The van der Waals surface area contributed by atoms with Gasteiger partial charge in [-0.3, -0.25) is 4.79 Å². The molecule has 0 aromatic heterocycles. The third-order valence-electron chi connectivity index (χ3n) is 3.83. The van der Waals surface area contributed by atoms with E-state index in [-0.39, 0.29) is 11.8 Å². The van der Waals surface area contributed by atoms with E-state index in [0.717, 1.165) is 37.1 Å². The predicted octanol–water partition coefficient (Wildman–Crippen LogP) is 2.00. The van der Waals surface area contributed by atoms with E-state index in [1.165, 1.54) is 0 Å². The number of rotatable bonds is 1. The summed E-state index contributed by atoms with van der Waals surface area (Å²) in [5.41, 5.74) is 1.82. The highest BCUT2D eigenvalue weighted by atomic mass is 16.5. The van der Waals surface area contributed by atoms with Crippen molar-refractivity contribution in [3.05, 3.63) is 29.3 Å². The number of likely N-dealkylation sites (tertiary alicyclic amines) is 1. The van der Waals surface area contributed by atoms with E-state index in [2.05, 4.69) is 6.07 Å². The second-order valence-electron chi connectivity index (χ2n) is 5.14. The lowest BCUT2D eigenvalue weighted by Crippen LogP contribution is -2.39. The molecule has 1 unspecified atom stereocenters. The zero-order chi connectivity index (χ0) is 13.2. The van der Waals surface area contributed by atoms with Gasteiger partial charge in [-0.1, -0.05) is 0 Å². The molecule has 0 bridgehead atoms. The number of piperidine rings is 1. The van der Waals surface area contributed by atoms with Gasteiger partial charge in [0.1, 0.15) is 5.75 Å². The summed E-state index contributed by atoms with van der Waals surface area (Å²) in [6, 6.07) is 7.90. The molecule has 2 aliphatic rings. The predicted molar refractivity (Wildman–Crippen MR) is 69.9 cm³/mol. The van der Waals surface area contributed by atoms with Crippen molar-refractivity contribution in [2.45, 2.75) is 19.3 Å². The van der Waals surface area contributed by atoms with E-state index in [1.807, 2.05) is 18.2 Å². The first-order chi connectivity index (χ1) is 9.28. The number of hydrogen-bond donors (Lipinski definition) is 0. The zero-order valence-corrected chi connectivity index (χ0v) is 10.8. The van der Waals surface area contributed by atoms with E-state index in [9.17, 15) is 4.79 Å². The van der Waals surface area contributed by atoms with Crippen LogP contribution in [0.25, 0.3) is 0 Å². The Balaban J connectivity index is 1.78. The van der Waals surface area contributed by atoms with Crippen molar-refractivity contribution in [2.75, 3.05) is 19.7 Å². The van der Waals surface area contributed by atoms with Gasteiger partial charge in [0.15, 0.2) is 0 Å². The number of carbonyl (C=O) groups is 1. The fraction of sp³-hybridized carbons (Fsp3) is 0.467. The van der Waals surface area contributed by atoms with E-state index in [1.54, 1.807) is 4.90 Å². The maximum Gasteiger partial charge on any atom is 0.253 e. The highest BCUT2D eigenvalue weighted by Gasteiger charge is 2.25. The summed E-state index contributed by atoms with van der Waals surface area (Å²) in [4.78, 5) is 14.2. The molecule has 1 amide bonds. The average molecular weight is 256 g/mol. The van der Waals surface area contributed by atoms with Gasteiger partial charge in [0.2, 0.25) is 0 Å². The van der Waals surface area contributed by atoms with E-state index >= 15 is 0 Å². The first-order valence-corrected chi connectivity index (χ1v) is 6.72. The maximum atomic E-state index is 12.4. The van der Waals surface area contributed by atoms with Gasteiger partial charge >= 0.3 is 0 Å². The van der Waals surface area contributed by atoms with Crippen molar-refractivity contribution < 1.29 is 9.53 Å². The van der Waals surface area contributed by atoms with E-state index < -0.39 is 0 Å². The van der Waals surface area contributed by atoms with Crippen molar-refractivity contribution in [3.8, 4) is 11.8 Å². The molecular weight excluding hydrogens is 240 g/mol. The molecule has 1 atom stereocenters. The molecule has 0 spiro atoms. The molecule has 1 aromatic rings. The van der Waals surface area contributed by atoms with Crippen LogP contribution in [0.1, 0.15) is 28.8 Å². The second kappa shape index (κ2) is 4.93. The zero-order valence-electron chi connectivity index (χ0n) is 10.8. The van der Waals surface area contributed by atoms with Crippen molar-refractivity contribution in [3.63, 3.8) is 0 Å². The summed E-state index contributed by atoms with van der Waals surface area (Å²) >= 11 is 0. The Hall–Kier alpha value is -2.02. The molecular formula is C15H16N2O2. The molecule has 4 heteroatoms. The summed E-state index contributed by atoms with van der Waals surface area (Å²) in [5, 5.41) is 8.98. The molecule has 0 radical (unpaired) electrons. The topological polar surface area (TPSA) is 53.3 Å². The van der Waals surface area contributed by atoms with Gasteiger partial charge in [0.25, 0.3) is 5.91 Å². The molecule has 2 heterocycles. The number of nitriles is 1. The minimum Gasteiger partial charge on any atom is -0.493 e. The van der Waals surface area contributed by atoms with Crippen LogP contribution in [-0.4, -0.2) is 30.5 Å². The minimum atomic E-state index is -0.0181. The normalized spacial score (nSPS) is 21.4.